The first-order valence-corrected chi connectivity index (χ1v) is 7.03. The van der Waals surface area contributed by atoms with Crippen LogP contribution in [0.4, 0.5) is 0 Å². The molecule has 2 aromatic rings. The SMILES string of the molecule is C1=Cc2cc3c(cc2C1)Cc1cc2c(cc1-3)C=CC2. The van der Waals surface area contributed by atoms with E-state index in [9.17, 15) is 0 Å². The molecule has 0 amide bonds. The lowest BCUT2D eigenvalue weighted by molar-refractivity contribution is 1.20. The molecule has 3 aliphatic rings. The van der Waals surface area contributed by atoms with E-state index in [1.165, 1.54) is 44.5 Å². The van der Waals surface area contributed by atoms with Crippen LogP contribution in [-0.4, -0.2) is 0 Å². The molecule has 0 aromatic heterocycles. The van der Waals surface area contributed by atoms with Gasteiger partial charge in [0.15, 0.2) is 0 Å². The number of rotatable bonds is 0. The Morgan fingerprint density at radius 1 is 0.579 bits per heavy atom. The maximum atomic E-state index is 2.42. The van der Waals surface area contributed by atoms with Crippen LogP contribution in [-0.2, 0) is 19.3 Å². The van der Waals surface area contributed by atoms with E-state index in [0.29, 0.717) is 0 Å². The zero-order valence-corrected chi connectivity index (χ0v) is 10.7. The highest BCUT2D eigenvalue weighted by Gasteiger charge is 2.22. The predicted octanol–water partition coefficient (Wildman–Crippen LogP) is 4.40. The van der Waals surface area contributed by atoms with Gasteiger partial charge in [-0.2, -0.15) is 0 Å². The average molecular weight is 242 g/mol. The van der Waals surface area contributed by atoms with E-state index in [1.807, 2.05) is 0 Å². The molecule has 19 heavy (non-hydrogen) atoms. The molecule has 0 spiro atoms. The molecule has 0 unspecified atom stereocenters. The third kappa shape index (κ3) is 1.24. The normalized spacial score (nSPS) is 16.4. The smallest absolute Gasteiger partial charge is 0.00132 e. The molecule has 0 radical (unpaired) electrons. The zero-order valence-electron chi connectivity index (χ0n) is 10.7. The molecule has 0 saturated carbocycles. The monoisotopic (exact) mass is 242 g/mol. The molecule has 0 heterocycles. The van der Waals surface area contributed by atoms with Crippen molar-refractivity contribution in [1.82, 2.24) is 0 Å². The highest BCUT2D eigenvalue weighted by atomic mass is 14.3. The summed E-state index contributed by atoms with van der Waals surface area (Å²) in [6.45, 7) is 0. The van der Waals surface area contributed by atoms with Crippen molar-refractivity contribution in [2.24, 2.45) is 0 Å². The molecule has 0 nitrogen and oxygen atoms in total. The highest BCUT2D eigenvalue weighted by Crippen LogP contribution is 2.41. The van der Waals surface area contributed by atoms with Gasteiger partial charge in [0.1, 0.15) is 0 Å². The molecule has 90 valence electrons. The van der Waals surface area contributed by atoms with Crippen LogP contribution in [0.1, 0.15) is 33.4 Å². The number of hydrogen-bond donors (Lipinski definition) is 0. The molecule has 2 aromatic carbocycles. The predicted molar refractivity (Wildman–Crippen MR) is 80.2 cm³/mol. The molecule has 3 aliphatic carbocycles. The minimum atomic E-state index is 1.11. The van der Waals surface area contributed by atoms with Crippen LogP contribution in [0, 0.1) is 0 Å². The fraction of sp³-hybridized carbons (Fsp3) is 0.158. The maximum absolute atomic E-state index is 2.42. The van der Waals surface area contributed by atoms with Gasteiger partial charge in [-0.25, -0.2) is 0 Å². The second-order valence-electron chi connectivity index (χ2n) is 5.81. The van der Waals surface area contributed by atoms with Crippen LogP contribution in [0.3, 0.4) is 0 Å². The minimum absolute atomic E-state index is 1.11. The maximum Gasteiger partial charge on any atom is -0.00132 e. The molecule has 0 saturated heterocycles. The Morgan fingerprint density at radius 2 is 1.11 bits per heavy atom. The molecule has 0 bridgehead atoms. The lowest BCUT2D eigenvalue weighted by atomic mass is 9.97. The van der Waals surface area contributed by atoms with Crippen LogP contribution in [0.15, 0.2) is 36.4 Å². The van der Waals surface area contributed by atoms with Gasteiger partial charge in [-0.15, -0.1) is 0 Å². The first-order valence-electron chi connectivity index (χ1n) is 7.03. The fourth-order valence-corrected chi connectivity index (χ4v) is 3.71. The summed E-state index contributed by atoms with van der Waals surface area (Å²) >= 11 is 0. The van der Waals surface area contributed by atoms with Crippen LogP contribution >= 0.6 is 0 Å². The summed E-state index contributed by atoms with van der Waals surface area (Å²) in [5, 5.41) is 0. The molecule has 0 atom stereocenters. The number of benzene rings is 2. The van der Waals surface area contributed by atoms with E-state index in [-0.39, 0.29) is 0 Å². The van der Waals surface area contributed by atoms with Gasteiger partial charge in [0, 0.05) is 0 Å². The molecule has 5 rings (SSSR count). The van der Waals surface area contributed by atoms with Crippen molar-refractivity contribution in [1.29, 1.82) is 0 Å². The molecule has 0 aliphatic heterocycles. The van der Waals surface area contributed by atoms with Crippen LogP contribution in [0.5, 0.6) is 0 Å². The van der Waals surface area contributed by atoms with E-state index in [0.717, 1.165) is 19.3 Å². The average Bonchev–Trinajstić information content (AvgIpc) is 3.10. The molecule has 0 heteroatoms. The Hall–Kier alpha value is -2.08. The highest BCUT2D eigenvalue weighted by molar-refractivity contribution is 5.83. The summed E-state index contributed by atoms with van der Waals surface area (Å²) in [5.41, 5.74) is 11.8. The minimum Gasteiger partial charge on any atom is -0.0795 e. The Labute approximate surface area is 113 Å². The summed E-state index contributed by atoms with van der Waals surface area (Å²) in [6, 6.07) is 9.63. The van der Waals surface area contributed by atoms with E-state index in [4.69, 9.17) is 0 Å². The molecular formula is C19H14. The van der Waals surface area contributed by atoms with Gasteiger partial charge in [-0.05, 0) is 75.9 Å². The third-order valence-corrected chi connectivity index (χ3v) is 4.67. The third-order valence-electron chi connectivity index (χ3n) is 4.67. The Morgan fingerprint density at radius 3 is 1.63 bits per heavy atom. The summed E-state index contributed by atoms with van der Waals surface area (Å²) in [5.74, 6) is 0. The topological polar surface area (TPSA) is 0 Å². The van der Waals surface area contributed by atoms with Gasteiger partial charge >= 0.3 is 0 Å². The molecular weight excluding hydrogens is 228 g/mol. The van der Waals surface area contributed by atoms with Crippen molar-refractivity contribution in [2.75, 3.05) is 0 Å². The first kappa shape index (κ1) is 9.80. The second kappa shape index (κ2) is 3.27. The number of fused-ring (bicyclic) bond motifs is 5. The standard InChI is InChI=1S/C19H14/c1-3-12-7-16-9-17-8-13-4-2-6-15(13)11-19(17)18(16)10-14(12)5-1/h1-2,5-8,10-11H,3-4,9H2. The summed E-state index contributed by atoms with van der Waals surface area (Å²) in [4.78, 5) is 0. The van der Waals surface area contributed by atoms with Gasteiger partial charge in [0.05, 0.1) is 0 Å². The van der Waals surface area contributed by atoms with Gasteiger partial charge < -0.3 is 0 Å². The van der Waals surface area contributed by atoms with Gasteiger partial charge in [0.2, 0.25) is 0 Å². The van der Waals surface area contributed by atoms with Crippen LogP contribution < -0.4 is 0 Å². The van der Waals surface area contributed by atoms with Gasteiger partial charge in [-0.1, -0.05) is 36.4 Å². The summed E-state index contributed by atoms with van der Waals surface area (Å²) in [6.07, 6.45) is 12.4. The lowest BCUT2D eigenvalue weighted by Gasteiger charge is -2.07. The lowest BCUT2D eigenvalue weighted by Crippen LogP contribution is -1.87. The first-order chi connectivity index (χ1) is 9.38. The van der Waals surface area contributed by atoms with Crippen molar-refractivity contribution in [3.05, 3.63) is 69.8 Å². The second-order valence-corrected chi connectivity index (χ2v) is 5.81. The van der Waals surface area contributed by atoms with Crippen molar-refractivity contribution in [2.45, 2.75) is 19.3 Å². The molecule has 0 fully saturated rings. The van der Waals surface area contributed by atoms with Crippen molar-refractivity contribution in [3.63, 3.8) is 0 Å². The van der Waals surface area contributed by atoms with Gasteiger partial charge in [0.25, 0.3) is 0 Å². The summed E-state index contributed by atoms with van der Waals surface area (Å²) in [7, 11) is 0. The zero-order chi connectivity index (χ0) is 12.4. The van der Waals surface area contributed by atoms with Crippen molar-refractivity contribution in [3.8, 4) is 11.1 Å². The quantitative estimate of drug-likeness (QED) is 0.548. The fourth-order valence-electron chi connectivity index (χ4n) is 3.71. The van der Waals surface area contributed by atoms with E-state index in [1.54, 1.807) is 0 Å². The largest absolute Gasteiger partial charge is 0.0795 e. The van der Waals surface area contributed by atoms with Crippen LogP contribution in [0.25, 0.3) is 23.3 Å². The van der Waals surface area contributed by atoms with Gasteiger partial charge in [-0.3, -0.25) is 0 Å². The van der Waals surface area contributed by atoms with Crippen molar-refractivity contribution < 1.29 is 0 Å². The summed E-state index contributed by atoms with van der Waals surface area (Å²) < 4.78 is 0. The van der Waals surface area contributed by atoms with Crippen molar-refractivity contribution >= 4 is 12.2 Å². The Bertz CT molecular complexity index is 721. The van der Waals surface area contributed by atoms with E-state index >= 15 is 0 Å². The Balaban J connectivity index is 1.78. The van der Waals surface area contributed by atoms with E-state index in [2.05, 4.69) is 48.6 Å². The van der Waals surface area contributed by atoms with Crippen LogP contribution in [0.2, 0.25) is 0 Å². The molecule has 0 N–H and O–H groups in total. The number of allylic oxidation sites excluding steroid dienone is 2. The van der Waals surface area contributed by atoms with E-state index < -0.39 is 0 Å². The Kier molecular flexibility index (Phi) is 1.69. The number of hydrogen-bond acceptors (Lipinski definition) is 0.